The molecule has 28 heavy (non-hydrogen) atoms. The van der Waals surface area contributed by atoms with Gasteiger partial charge in [0.25, 0.3) is 0 Å². The molecule has 0 aliphatic carbocycles. The molecule has 0 bridgehead atoms. The average Bonchev–Trinajstić information content (AvgIpc) is 3.25. The molecular formula is C21H22O7. The van der Waals surface area contributed by atoms with Crippen LogP contribution in [0.2, 0.25) is 0 Å². The topological polar surface area (TPSA) is 80.3 Å². The fraction of sp³-hybridized carbons (Fsp3) is 0.333. The lowest BCUT2D eigenvalue weighted by atomic mass is 9.94. The van der Waals surface area contributed by atoms with Crippen LogP contribution in [0.4, 0.5) is 0 Å². The molecule has 1 saturated heterocycles. The maximum atomic E-state index is 12.2. The van der Waals surface area contributed by atoms with Gasteiger partial charge in [0.15, 0.2) is 12.4 Å². The van der Waals surface area contributed by atoms with E-state index in [0.717, 1.165) is 5.56 Å². The van der Waals surface area contributed by atoms with E-state index in [4.69, 9.17) is 23.7 Å². The number of esters is 2. The van der Waals surface area contributed by atoms with Gasteiger partial charge in [-0.3, -0.25) is 4.79 Å². The molecule has 0 N–H and O–H groups in total. The van der Waals surface area contributed by atoms with Crippen molar-refractivity contribution in [1.82, 2.24) is 0 Å². The molecule has 1 heterocycles. The largest absolute Gasteiger partial charge is 0.496 e. The van der Waals surface area contributed by atoms with E-state index in [9.17, 15) is 9.59 Å². The molecule has 7 nitrogen and oxygen atoms in total. The molecule has 0 amide bonds. The van der Waals surface area contributed by atoms with Crippen LogP contribution in [0, 0.1) is 0 Å². The smallest absolute Gasteiger partial charge is 0.341 e. The highest BCUT2D eigenvalue weighted by Gasteiger charge is 2.28. The van der Waals surface area contributed by atoms with E-state index < -0.39 is 24.3 Å². The highest BCUT2D eigenvalue weighted by molar-refractivity contribution is 5.92. The molecule has 7 heteroatoms. The molecule has 1 atom stereocenters. The summed E-state index contributed by atoms with van der Waals surface area (Å²) in [6.07, 6.45) is -1.29. The molecule has 0 spiro atoms. The molecule has 1 fully saturated rings. The van der Waals surface area contributed by atoms with Gasteiger partial charge in [-0.15, -0.1) is 0 Å². The number of benzene rings is 2. The molecule has 0 aromatic heterocycles. The second-order valence-electron chi connectivity index (χ2n) is 6.14. The first kappa shape index (κ1) is 19.9. The van der Waals surface area contributed by atoms with Crippen molar-refractivity contribution < 1.29 is 33.3 Å². The van der Waals surface area contributed by atoms with Gasteiger partial charge in [-0.05, 0) is 17.7 Å². The Kier molecular flexibility index (Phi) is 6.28. The van der Waals surface area contributed by atoms with E-state index in [0.29, 0.717) is 30.1 Å². The molecule has 0 radical (unpaired) electrons. The van der Waals surface area contributed by atoms with Gasteiger partial charge in [0.1, 0.15) is 11.3 Å². The summed E-state index contributed by atoms with van der Waals surface area (Å²) in [5, 5.41) is 0. The third-order valence-electron chi connectivity index (χ3n) is 4.37. The second kappa shape index (κ2) is 8.86. The summed E-state index contributed by atoms with van der Waals surface area (Å²) in [5.41, 5.74) is 2.32. The van der Waals surface area contributed by atoms with Crippen molar-refractivity contribution in [1.29, 1.82) is 0 Å². The summed E-state index contributed by atoms with van der Waals surface area (Å²) >= 11 is 0. The Bertz CT molecular complexity index is 856. The zero-order valence-electron chi connectivity index (χ0n) is 16.0. The van der Waals surface area contributed by atoms with Crippen molar-refractivity contribution in [2.24, 2.45) is 0 Å². The lowest BCUT2D eigenvalue weighted by Crippen LogP contribution is -2.15. The van der Waals surface area contributed by atoms with E-state index >= 15 is 0 Å². The van der Waals surface area contributed by atoms with Gasteiger partial charge in [0, 0.05) is 18.1 Å². The SMILES string of the molecule is COC(=O)c1cc(C(OC(C)=O)c2ccccc2C2OCCO2)ccc1OC. The quantitative estimate of drug-likeness (QED) is 0.706. The molecule has 1 aliphatic heterocycles. The summed E-state index contributed by atoms with van der Waals surface area (Å²) in [5.74, 6) is -0.632. The Balaban J connectivity index is 2.09. The second-order valence-corrected chi connectivity index (χ2v) is 6.14. The highest BCUT2D eigenvalue weighted by Crippen LogP contribution is 2.36. The Morgan fingerprint density at radius 2 is 1.79 bits per heavy atom. The Labute approximate surface area is 163 Å². The van der Waals surface area contributed by atoms with Crippen molar-refractivity contribution in [3.05, 3.63) is 64.7 Å². The fourth-order valence-corrected chi connectivity index (χ4v) is 3.14. The molecule has 1 unspecified atom stereocenters. The maximum Gasteiger partial charge on any atom is 0.341 e. The van der Waals surface area contributed by atoms with Crippen molar-refractivity contribution >= 4 is 11.9 Å². The van der Waals surface area contributed by atoms with Gasteiger partial charge in [0.2, 0.25) is 0 Å². The Morgan fingerprint density at radius 1 is 1.07 bits per heavy atom. The summed E-state index contributed by atoms with van der Waals surface area (Å²) in [4.78, 5) is 24.0. The van der Waals surface area contributed by atoms with Crippen molar-refractivity contribution in [3.8, 4) is 5.75 Å². The molecule has 1 aliphatic rings. The number of methoxy groups -OCH3 is 2. The van der Waals surface area contributed by atoms with E-state index in [1.54, 1.807) is 18.2 Å². The van der Waals surface area contributed by atoms with E-state index in [1.165, 1.54) is 21.1 Å². The van der Waals surface area contributed by atoms with Crippen molar-refractivity contribution in [2.45, 2.75) is 19.3 Å². The van der Waals surface area contributed by atoms with Crippen LogP contribution in [0.3, 0.4) is 0 Å². The van der Waals surface area contributed by atoms with Crippen LogP contribution in [0.15, 0.2) is 42.5 Å². The molecule has 3 rings (SSSR count). The summed E-state index contributed by atoms with van der Waals surface area (Å²) < 4.78 is 27.0. The molecule has 2 aromatic rings. The van der Waals surface area contributed by atoms with Gasteiger partial charge < -0.3 is 23.7 Å². The maximum absolute atomic E-state index is 12.2. The Hall–Kier alpha value is -2.90. The number of hydrogen-bond donors (Lipinski definition) is 0. The number of carbonyl (C=O) groups is 2. The zero-order valence-corrected chi connectivity index (χ0v) is 16.0. The van der Waals surface area contributed by atoms with Crippen LogP contribution < -0.4 is 4.74 Å². The number of hydrogen-bond acceptors (Lipinski definition) is 7. The van der Waals surface area contributed by atoms with Crippen LogP contribution in [-0.4, -0.2) is 39.4 Å². The minimum absolute atomic E-state index is 0.241. The number of carbonyl (C=O) groups excluding carboxylic acids is 2. The minimum Gasteiger partial charge on any atom is -0.496 e. The molecule has 2 aromatic carbocycles. The van der Waals surface area contributed by atoms with Gasteiger partial charge in [0.05, 0.1) is 27.4 Å². The highest BCUT2D eigenvalue weighted by atomic mass is 16.7. The van der Waals surface area contributed by atoms with E-state index in [2.05, 4.69) is 0 Å². The summed E-state index contributed by atoms with van der Waals surface area (Å²) in [6.45, 7) is 2.32. The van der Waals surface area contributed by atoms with Gasteiger partial charge >= 0.3 is 11.9 Å². The monoisotopic (exact) mass is 386 g/mol. The molecule has 148 valence electrons. The zero-order chi connectivity index (χ0) is 20.1. The number of ether oxygens (including phenoxy) is 5. The normalized spacial score (nSPS) is 15.1. The van der Waals surface area contributed by atoms with Gasteiger partial charge in [-0.25, -0.2) is 4.79 Å². The van der Waals surface area contributed by atoms with Crippen LogP contribution in [0.25, 0.3) is 0 Å². The minimum atomic E-state index is -0.754. The Morgan fingerprint density at radius 3 is 2.43 bits per heavy atom. The molecular weight excluding hydrogens is 364 g/mol. The van der Waals surface area contributed by atoms with Gasteiger partial charge in [-0.2, -0.15) is 0 Å². The standard InChI is InChI=1S/C21H22O7/c1-13(22)28-19(14-8-9-18(24-2)17(12-14)20(23)25-3)15-6-4-5-7-16(15)21-26-10-11-27-21/h4-9,12,19,21H,10-11H2,1-3H3. The first-order chi connectivity index (χ1) is 13.5. The van der Waals surface area contributed by atoms with E-state index in [-0.39, 0.29) is 5.56 Å². The van der Waals surface area contributed by atoms with Crippen LogP contribution in [0.5, 0.6) is 5.75 Å². The van der Waals surface area contributed by atoms with Gasteiger partial charge in [-0.1, -0.05) is 30.3 Å². The third-order valence-corrected chi connectivity index (χ3v) is 4.37. The van der Waals surface area contributed by atoms with Crippen LogP contribution >= 0.6 is 0 Å². The first-order valence-corrected chi connectivity index (χ1v) is 8.80. The van der Waals surface area contributed by atoms with Crippen molar-refractivity contribution in [2.75, 3.05) is 27.4 Å². The first-order valence-electron chi connectivity index (χ1n) is 8.80. The predicted octanol–water partition coefficient (Wildman–Crippen LogP) is 3.18. The third kappa shape index (κ3) is 4.16. The van der Waals surface area contributed by atoms with Crippen LogP contribution in [-0.2, 0) is 23.7 Å². The number of rotatable bonds is 6. The van der Waals surface area contributed by atoms with E-state index in [1.807, 2.05) is 24.3 Å². The lowest BCUT2D eigenvalue weighted by Gasteiger charge is -2.23. The lowest BCUT2D eigenvalue weighted by molar-refractivity contribution is -0.145. The predicted molar refractivity (Wildman–Crippen MR) is 99.0 cm³/mol. The fourth-order valence-electron chi connectivity index (χ4n) is 3.14. The summed E-state index contributed by atoms with van der Waals surface area (Å²) in [6, 6.07) is 12.4. The average molecular weight is 386 g/mol. The molecule has 0 saturated carbocycles. The summed E-state index contributed by atoms with van der Waals surface area (Å²) in [7, 11) is 2.76. The van der Waals surface area contributed by atoms with Crippen LogP contribution in [0.1, 0.15) is 46.4 Å². The van der Waals surface area contributed by atoms with Crippen molar-refractivity contribution in [3.63, 3.8) is 0 Å².